The summed E-state index contributed by atoms with van der Waals surface area (Å²) in [6.45, 7) is 0. The van der Waals surface area contributed by atoms with Gasteiger partial charge < -0.3 is 5.73 Å². The summed E-state index contributed by atoms with van der Waals surface area (Å²) in [7, 11) is 0. The van der Waals surface area contributed by atoms with E-state index in [1.165, 1.54) is 26.9 Å². The summed E-state index contributed by atoms with van der Waals surface area (Å²) in [5.41, 5.74) is 9.80. The lowest BCUT2D eigenvalue weighted by Crippen LogP contribution is -1.94. The Bertz CT molecular complexity index is 1200. The van der Waals surface area contributed by atoms with Crippen molar-refractivity contribution in [1.29, 1.82) is 0 Å². The maximum absolute atomic E-state index is 6.71. The first-order valence-corrected chi connectivity index (χ1v) is 8.51. The van der Waals surface area contributed by atoms with Crippen molar-refractivity contribution in [2.45, 2.75) is 0 Å². The van der Waals surface area contributed by atoms with E-state index >= 15 is 0 Å². The van der Waals surface area contributed by atoms with Crippen molar-refractivity contribution in [3.8, 4) is 11.1 Å². The third-order valence-corrected chi connectivity index (χ3v) is 5.03. The molecule has 0 aliphatic heterocycles. The van der Waals surface area contributed by atoms with Crippen LogP contribution in [0.25, 0.3) is 43.4 Å². The first kappa shape index (κ1) is 14.1. The summed E-state index contributed by atoms with van der Waals surface area (Å²) in [4.78, 5) is 0. The molecule has 0 heterocycles. The van der Waals surface area contributed by atoms with Gasteiger partial charge in [-0.3, -0.25) is 0 Å². The van der Waals surface area contributed by atoms with E-state index in [-0.39, 0.29) is 0 Å². The molecule has 0 unspecified atom stereocenters. The molecule has 5 aromatic rings. The van der Waals surface area contributed by atoms with Crippen molar-refractivity contribution in [1.82, 2.24) is 0 Å². The van der Waals surface area contributed by atoms with Crippen molar-refractivity contribution in [2.75, 3.05) is 5.73 Å². The Morgan fingerprint density at radius 3 is 1.56 bits per heavy atom. The fourth-order valence-corrected chi connectivity index (χ4v) is 3.89. The van der Waals surface area contributed by atoms with Crippen LogP contribution in [0, 0.1) is 0 Å². The Balaban J connectivity index is 2.02. The normalized spacial score (nSPS) is 11.4. The molecule has 2 N–H and O–H groups in total. The molecule has 0 amide bonds. The molecule has 0 radical (unpaired) electrons. The third kappa shape index (κ3) is 2.03. The van der Waals surface area contributed by atoms with E-state index in [9.17, 15) is 0 Å². The number of nitrogen functional groups attached to an aromatic ring is 1. The fraction of sp³-hybridized carbons (Fsp3) is 0. The van der Waals surface area contributed by atoms with Crippen LogP contribution in [0.15, 0.2) is 91.0 Å². The predicted molar refractivity (Wildman–Crippen MR) is 109 cm³/mol. The lowest BCUT2D eigenvalue weighted by molar-refractivity contribution is 1.64. The SMILES string of the molecule is Nc1c(-c2ccccc2)ccc2c3ccccc3c3ccccc3c12. The topological polar surface area (TPSA) is 26.0 Å². The molecule has 0 saturated carbocycles. The lowest BCUT2D eigenvalue weighted by Gasteiger charge is -2.15. The molecule has 0 spiro atoms. The van der Waals surface area contributed by atoms with Crippen LogP contribution >= 0.6 is 0 Å². The monoisotopic (exact) mass is 319 g/mol. The highest BCUT2D eigenvalue weighted by Crippen LogP contribution is 2.41. The first-order valence-electron chi connectivity index (χ1n) is 8.51. The van der Waals surface area contributed by atoms with Gasteiger partial charge in [-0.25, -0.2) is 0 Å². The summed E-state index contributed by atoms with van der Waals surface area (Å²) in [6, 6.07) is 31.8. The van der Waals surface area contributed by atoms with E-state index in [4.69, 9.17) is 5.73 Å². The van der Waals surface area contributed by atoms with Gasteiger partial charge in [0, 0.05) is 16.6 Å². The van der Waals surface area contributed by atoms with Gasteiger partial charge in [-0.1, -0.05) is 91.0 Å². The summed E-state index contributed by atoms with van der Waals surface area (Å²) in [5, 5.41) is 7.36. The zero-order valence-electron chi connectivity index (χ0n) is 13.7. The van der Waals surface area contributed by atoms with Crippen LogP contribution in [0.5, 0.6) is 0 Å². The van der Waals surface area contributed by atoms with Gasteiger partial charge in [0.15, 0.2) is 0 Å². The van der Waals surface area contributed by atoms with Crippen molar-refractivity contribution >= 4 is 38.0 Å². The molecule has 0 aliphatic rings. The molecule has 0 fully saturated rings. The number of hydrogen-bond donors (Lipinski definition) is 1. The van der Waals surface area contributed by atoms with Crippen LogP contribution in [0.1, 0.15) is 0 Å². The van der Waals surface area contributed by atoms with Gasteiger partial charge in [-0.05, 0) is 32.5 Å². The van der Waals surface area contributed by atoms with Crippen molar-refractivity contribution < 1.29 is 0 Å². The molecule has 5 aromatic carbocycles. The second kappa shape index (κ2) is 5.35. The number of rotatable bonds is 1. The highest BCUT2D eigenvalue weighted by Gasteiger charge is 2.13. The Morgan fingerprint density at radius 2 is 0.920 bits per heavy atom. The molecular formula is C24H17N. The molecule has 0 aromatic heterocycles. The zero-order valence-corrected chi connectivity index (χ0v) is 13.7. The highest BCUT2D eigenvalue weighted by molar-refractivity contribution is 6.29. The maximum Gasteiger partial charge on any atom is 0.0479 e. The molecule has 5 rings (SSSR count). The summed E-state index contributed by atoms with van der Waals surface area (Å²) >= 11 is 0. The summed E-state index contributed by atoms with van der Waals surface area (Å²) in [6.07, 6.45) is 0. The Labute approximate surface area is 146 Å². The maximum atomic E-state index is 6.71. The minimum Gasteiger partial charge on any atom is -0.398 e. The average Bonchev–Trinajstić information content (AvgIpc) is 2.69. The van der Waals surface area contributed by atoms with Crippen molar-refractivity contribution in [3.63, 3.8) is 0 Å². The number of hydrogen-bond acceptors (Lipinski definition) is 1. The van der Waals surface area contributed by atoms with Crippen LogP contribution in [0.3, 0.4) is 0 Å². The molecule has 25 heavy (non-hydrogen) atoms. The largest absolute Gasteiger partial charge is 0.398 e. The van der Waals surface area contributed by atoms with Crippen LogP contribution in [0.2, 0.25) is 0 Å². The predicted octanol–water partition coefficient (Wildman–Crippen LogP) is 6.40. The van der Waals surface area contributed by atoms with Gasteiger partial charge in [-0.2, -0.15) is 0 Å². The van der Waals surface area contributed by atoms with E-state index < -0.39 is 0 Å². The second-order valence-corrected chi connectivity index (χ2v) is 6.41. The molecule has 0 atom stereocenters. The molecule has 118 valence electrons. The van der Waals surface area contributed by atoms with Crippen LogP contribution in [-0.2, 0) is 0 Å². The van der Waals surface area contributed by atoms with E-state index in [2.05, 4.69) is 84.9 Å². The lowest BCUT2D eigenvalue weighted by atomic mass is 9.90. The van der Waals surface area contributed by atoms with Gasteiger partial charge in [0.2, 0.25) is 0 Å². The number of nitrogens with two attached hydrogens (primary N) is 1. The molecule has 0 saturated heterocycles. The van der Waals surface area contributed by atoms with E-state index in [0.717, 1.165) is 22.2 Å². The highest BCUT2D eigenvalue weighted by atomic mass is 14.6. The number of anilines is 1. The van der Waals surface area contributed by atoms with Gasteiger partial charge in [0.25, 0.3) is 0 Å². The Morgan fingerprint density at radius 1 is 0.440 bits per heavy atom. The van der Waals surface area contributed by atoms with E-state index in [0.29, 0.717) is 0 Å². The molecule has 0 aliphatic carbocycles. The summed E-state index contributed by atoms with van der Waals surface area (Å²) < 4.78 is 0. The first-order chi connectivity index (χ1) is 12.3. The standard InChI is InChI=1S/C24H17N/c25-24-17(16-8-2-1-3-9-16)14-15-22-20-12-5-4-10-18(20)19-11-6-7-13-21(19)23(22)24/h1-15H,25H2. The van der Waals surface area contributed by atoms with Crippen molar-refractivity contribution in [2.24, 2.45) is 0 Å². The minimum absolute atomic E-state index is 0.852. The van der Waals surface area contributed by atoms with Crippen LogP contribution in [-0.4, -0.2) is 0 Å². The van der Waals surface area contributed by atoms with Crippen molar-refractivity contribution in [3.05, 3.63) is 91.0 Å². The Kier molecular flexibility index (Phi) is 3.01. The fourth-order valence-electron chi connectivity index (χ4n) is 3.89. The Hall–Kier alpha value is -3.32. The van der Waals surface area contributed by atoms with Crippen LogP contribution < -0.4 is 5.73 Å². The summed E-state index contributed by atoms with van der Waals surface area (Å²) in [5.74, 6) is 0. The molecular weight excluding hydrogens is 302 g/mol. The van der Waals surface area contributed by atoms with Gasteiger partial charge in [0.1, 0.15) is 0 Å². The quantitative estimate of drug-likeness (QED) is 0.281. The second-order valence-electron chi connectivity index (χ2n) is 6.41. The third-order valence-electron chi connectivity index (χ3n) is 5.03. The molecule has 1 heteroatoms. The number of fused-ring (bicyclic) bond motifs is 6. The van der Waals surface area contributed by atoms with Gasteiger partial charge >= 0.3 is 0 Å². The van der Waals surface area contributed by atoms with E-state index in [1.807, 2.05) is 6.07 Å². The number of benzene rings is 5. The zero-order chi connectivity index (χ0) is 16.8. The van der Waals surface area contributed by atoms with Crippen LogP contribution in [0.4, 0.5) is 5.69 Å². The van der Waals surface area contributed by atoms with Gasteiger partial charge in [-0.15, -0.1) is 0 Å². The smallest absolute Gasteiger partial charge is 0.0479 e. The molecule has 1 nitrogen and oxygen atoms in total. The minimum atomic E-state index is 0.852. The average molecular weight is 319 g/mol. The van der Waals surface area contributed by atoms with Gasteiger partial charge in [0.05, 0.1) is 0 Å². The van der Waals surface area contributed by atoms with E-state index in [1.54, 1.807) is 0 Å². The molecule has 0 bridgehead atoms.